The average Bonchev–Trinajstić information content (AvgIpc) is 2.37. The monoisotopic (exact) mass is 298 g/mol. The van der Waals surface area contributed by atoms with Gasteiger partial charge in [0.1, 0.15) is 0 Å². The van der Waals surface area contributed by atoms with E-state index in [-0.39, 0.29) is 0 Å². The molecular weight excluding hydrogens is 280 g/mol. The molecule has 1 fully saturated rings. The molecule has 0 spiro atoms. The molecule has 4 heteroatoms. The minimum atomic E-state index is 0.296. The van der Waals surface area contributed by atoms with Crippen LogP contribution in [0.2, 0.25) is 0 Å². The van der Waals surface area contributed by atoms with Gasteiger partial charge in [0.15, 0.2) is 0 Å². The average molecular weight is 299 g/mol. The standard InChI is InChI=1S/C13H19BrN2O/c14-12-5-1-3-10(7-12)8-13(16-15)11-4-2-6-17-9-11/h1,3,5,7,11,13,16H,2,4,6,8-9,15H2. The van der Waals surface area contributed by atoms with Crippen LogP contribution < -0.4 is 11.3 Å². The minimum absolute atomic E-state index is 0.296. The van der Waals surface area contributed by atoms with E-state index in [1.54, 1.807) is 0 Å². The molecule has 1 aliphatic heterocycles. The number of rotatable bonds is 4. The number of nitrogens with one attached hydrogen (secondary N) is 1. The van der Waals surface area contributed by atoms with Gasteiger partial charge in [0.2, 0.25) is 0 Å². The topological polar surface area (TPSA) is 47.3 Å². The van der Waals surface area contributed by atoms with Gasteiger partial charge in [0, 0.05) is 17.1 Å². The van der Waals surface area contributed by atoms with Gasteiger partial charge >= 0.3 is 0 Å². The number of nitrogens with two attached hydrogens (primary N) is 1. The smallest absolute Gasteiger partial charge is 0.0509 e. The Balaban J connectivity index is 1.98. The molecule has 0 saturated carbocycles. The predicted molar refractivity (Wildman–Crippen MR) is 72.5 cm³/mol. The Kier molecular flexibility index (Phi) is 4.98. The molecule has 1 aliphatic rings. The molecule has 1 saturated heterocycles. The number of halogens is 1. The highest BCUT2D eigenvalue weighted by Gasteiger charge is 2.23. The van der Waals surface area contributed by atoms with Crippen molar-refractivity contribution in [2.45, 2.75) is 25.3 Å². The Morgan fingerprint density at radius 2 is 2.41 bits per heavy atom. The number of hydrazine groups is 1. The third-order valence-corrected chi connectivity index (χ3v) is 3.82. The van der Waals surface area contributed by atoms with Crippen molar-refractivity contribution >= 4 is 15.9 Å². The van der Waals surface area contributed by atoms with E-state index >= 15 is 0 Å². The van der Waals surface area contributed by atoms with Gasteiger partial charge in [-0.15, -0.1) is 0 Å². The van der Waals surface area contributed by atoms with Crippen LogP contribution in [0.25, 0.3) is 0 Å². The Labute approximate surface area is 111 Å². The lowest BCUT2D eigenvalue weighted by molar-refractivity contribution is 0.0393. The summed E-state index contributed by atoms with van der Waals surface area (Å²) in [5.41, 5.74) is 4.24. The van der Waals surface area contributed by atoms with E-state index in [2.05, 4.69) is 39.6 Å². The van der Waals surface area contributed by atoms with Crippen LogP contribution in [0.1, 0.15) is 18.4 Å². The summed E-state index contributed by atoms with van der Waals surface area (Å²) >= 11 is 3.49. The third-order valence-electron chi connectivity index (χ3n) is 3.32. The SMILES string of the molecule is NNC(Cc1cccc(Br)c1)C1CCCOC1. The fourth-order valence-electron chi connectivity index (χ4n) is 2.36. The van der Waals surface area contributed by atoms with E-state index in [1.807, 2.05) is 6.07 Å². The quantitative estimate of drug-likeness (QED) is 0.662. The van der Waals surface area contributed by atoms with E-state index in [0.717, 1.165) is 30.5 Å². The van der Waals surface area contributed by atoms with Gasteiger partial charge in [-0.1, -0.05) is 28.1 Å². The summed E-state index contributed by atoms with van der Waals surface area (Å²) in [6, 6.07) is 8.68. The Morgan fingerprint density at radius 3 is 3.06 bits per heavy atom. The first-order valence-electron chi connectivity index (χ1n) is 6.08. The fraction of sp³-hybridized carbons (Fsp3) is 0.538. The largest absolute Gasteiger partial charge is 0.381 e. The Hall–Kier alpha value is -0.420. The second kappa shape index (κ2) is 6.50. The van der Waals surface area contributed by atoms with Crippen molar-refractivity contribution in [3.63, 3.8) is 0 Å². The lowest BCUT2D eigenvalue weighted by Gasteiger charge is -2.29. The second-order valence-electron chi connectivity index (χ2n) is 4.58. The molecular formula is C13H19BrN2O. The van der Waals surface area contributed by atoms with Crippen LogP contribution in [0.15, 0.2) is 28.7 Å². The predicted octanol–water partition coefficient (Wildman–Crippen LogP) is 2.25. The van der Waals surface area contributed by atoms with E-state index in [4.69, 9.17) is 10.6 Å². The Bertz CT molecular complexity index is 353. The summed E-state index contributed by atoms with van der Waals surface area (Å²) < 4.78 is 6.64. The maximum Gasteiger partial charge on any atom is 0.0509 e. The van der Waals surface area contributed by atoms with Crippen LogP contribution in [0.5, 0.6) is 0 Å². The highest BCUT2D eigenvalue weighted by atomic mass is 79.9. The minimum Gasteiger partial charge on any atom is -0.381 e. The van der Waals surface area contributed by atoms with E-state index < -0.39 is 0 Å². The van der Waals surface area contributed by atoms with Gasteiger partial charge in [0.05, 0.1) is 6.61 Å². The van der Waals surface area contributed by atoms with Crippen molar-refractivity contribution in [3.05, 3.63) is 34.3 Å². The fourth-order valence-corrected chi connectivity index (χ4v) is 2.81. The Morgan fingerprint density at radius 1 is 1.53 bits per heavy atom. The maximum atomic E-state index is 5.67. The van der Waals surface area contributed by atoms with E-state index in [0.29, 0.717) is 12.0 Å². The lowest BCUT2D eigenvalue weighted by atomic mass is 9.90. The molecule has 2 atom stereocenters. The van der Waals surface area contributed by atoms with E-state index in [1.165, 1.54) is 12.0 Å². The molecule has 1 heterocycles. The van der Waals surface area contributed by atoms with Gasteiger partial charge in [-0.25, -0.2) is 0 Å². The number of benzene rings is 1. The van der Waals surface area contributed by atoms with Gasteiger partial charge < -0.3 is 4.74 Å². The molecule has 2 unspecified atom stereocenters. The molecule has 17 heavy (non-hydrogen) atoms. The summed E-state index contributed by atoms with van der Waals surface area (Å²) in [6.07, 6.45) is 3.29. The van der Waals surface area contributed by atoms with Crippen LogP contribution in [0.4, 0.5) is 0 Å². The van der Waals surface area contributed by atoms with Gasteiger partial charge in [-0.2, -0.15) is 0 Å². The highest BCUT2D eigenvalue weighted by Crippen LogP contribution is 2.21. The van der Waals surface area contributed by atoms with Crippen molar-refractivity contribution in [3.8, 4) is 0 Å². The van der Waals surface area contributed by atoms with E-state index in [9.17, 15) is 0 Å². The first-order valence-corrected chi connectivity index (χ1v) is 6.87. The summed E-state index contributed by atoms with van der Waals surface area (Å²) in [4.78, 5) is 0. The van der Waals surface area contributed by atoms with Gasteiger partial charge in [0.25, 0.3) is 0 Å². The van der Waals surface area contributed by atoms with Crippen LogP contribution in [-0.4, -0.2) is 19.3 Å². The first kappa shape index (κ1) is 13.0. The molecule has 0 radical (unpaired) electrons. The second-order valence-corrected chi connectivity index (χ2v) is 5.50. The lowest BCUT2D eigenvalue weighted by Crippen LogP contribution is -2.45. The number of hydrogen-bond acceptors (Lipinski definition) is 3. The van der Waals surface area contributed by atoms with Crippen molar-refractivity contribution in [1.82, 2.24) is 5.43 Å². The van der Waals surface area contributed by atoms with Crippen LogP contribution in [-0.2, 0) is 11.2 Å². The number of ether oxygens (including phenoxy) is 1. The molecule has 94 valence electrons. The van der Waals surface area contributed by atoms with Crippen LogP contribution >= 0.6 is 15.9 Å². The summed E-state index contributed by atoms with van der Waals surface area (Å²) in [5, 5.41) is 0. The highest BCUT2D eigenvalue weighted by molar-refractivity contribution is 9.10. The zero-order valence-corrected chi connectivity index (χ0v) is 11.4. The zero-order valence-electron chi connectivity index (χ0n) is 9.86. The summed E-state index contributed by atoms with van der Waals surface area (Å²) in [6.45, 7) is 1.72. The zero-order chi connectivity index (χ0) is 12.1. The summed E-state index contributed by atoms with van der Waals surface area (Å²) in [5.74, 6) is 6.19. The van der Waals surface area contributed by atoms with Crippen molar-refractivity contribution < 1.29 is 4.74 Å². The molecule has 1 aromatic rings. The molecule has 3 nitrogen and oxygen atoms in total. The molecule has 0 bridgehead atoms. The van der Waals surface area contributed by atoms with Crippen LogP contribution in [0.3, 0.4) is 0 Å². The first-order chi connectivity index (χ1) is 8.29. The van der Waals surface area contributed by atoms with Gasteiger partial charge in [-0.3, -0.25) is 11.3 Å². The molecule has 1 aromatic carbocycles. The van der Waals surface area contributed by atoms with Crippen molar-refractivity contribution in [2.24, 2.45) is 11.8 Å². The third kappa shape index (κ3) is 3.78. The van der Waals surface area contributed by atoms with Crippen LogP contribution in [0, 0.1) is 5.92 Å². The van der Waals surface area contributed by atoms with Crippen molar-refractivity contribution in [1.29, 1.82) is 0 Å². The summed E-state index contributed by atoms with van der Waals surface area (Å²) in [7, 11) is 0. The number of hydrogen-bond donors (Lipinski definition) is 2. The van der Waals surface area contributed by atoms with Crippen molar-refractivity contribution in [2.75, 3.05) is 13.2 Å². The van der Waals surface area contributed by atoms with Gasteiger partial charge in [-0.05, 0) is 42.9 Å². The molecule has 0 amide bonds. The molecule has 0 aliphatic carbocycles. The molecule has 0 aromatic heterocycles. The molecule has 2 rings (SSSR count). The maximum absolute atomic E-state index is 5.67. The normalized spacial score (nSPS) is 22.4. The molecule has 3 N–H and O–H groups in total.